The van der Waals surface area contributed by atoms with Gasteiger partial charge in [-0.1, -0.05) is 30.3 Å². The maximum Gasteiger partial charge on any atom is 0.237 e. The number of benzene rings is 1. The molecular weight excluding hydrogens is 214 g/mol. The molecule has 1 saturated carbocycles. The summed E-state index contributed by atoms with van der Waals surface area (Å²) in [7, 11) is 0. The van der Waals surface area contributed by atoms with E-state index in [9.17, 15) is 9.59 Å². The third-order valence-electron chi connectivity index (χ3n) is 4.02. The highest BCUT2D eigenvalue weighted by Crippen LogP contribution is 2.52. The number of likely N-dealkylation sites (tertiary alicyclic amines) is 1. The molecule has 1 unspecified atom stereocenters. The predicted molar refractivity (Wildman–Crippen MR) is 63.2 cm³/mol. The summed E-state index contributed by atoms with van der Waals surface area (Å²) in [6, 6.07) is 9.87. The zero-order valence-electron chi connectivity index (χ0n) is 9.85. The lowest BCUT2D eigenvalue weighted by Gasteiger charge is -2.24. The second-order valence-electron chi connectivity index (χ2n) is 5.02. The molecule has 3 nitrogen and oxygen atoms in total. The van der Waals surface area contributed by atoms with Crippen LogP contribution >= 0.6 is 0 Å². The molecular formula is C14H15NO2. The maximum absolute atomic E-state index is 12.2. The van der Waals surface area contributed by atoms with Gasteiger partial charge in [-0.15, -0.1) is 0 Å². The van der Waals surface area contributed by atoms with E-state index in [0.29, 0.717) is 0 Å². The minimum absolute atomic E-state index is 0.00683. The fourth-order valence-electron chi connectivity index (χ4n) is 2.61. The van der Waals surface area contributed by atoms with Crippen molar-refractivity contribution < 1.29 is 9.59 Å². The van der Waals surface area contributed by atoms with Crippen molar-refractivity contribution in [3.8, 4) is 0 Å². The van der Waals surface area contributed by atoms with Crippen LogP contribution in [0.2, 0.25) is 0 Å². The van der Waals surface area contributed by atoms with Gasteiger partial charge in [-0.25, -0.2) is 0 Å². The van der Waals surface area contributed by atoms with Crippen molar-refractivity contribution in [3.63, 3.8) is 0 Å². The summed E-state index contributed by atoms with van der Waals surface area (Å²) in [4.78, 5) is 25.8. The lowest BCUT2D eigenvalue weighted by atomic mass is 10.0. The second-order valence-corrected chi connectivity index (χ2v) is 5.02. The number of carbonyl (C=O) groups is 2. The Morgan fingerprint density at radius 2 is 1.82 bits per heavy atom. The van der Waals surface area contributed by atoms with Gasteiger partial charge in [0.25, 0.3) is 0 Å². The van der Waals surface area contributed by atoms with E-state index >= 15 is 0 Å². The van der Waals surface area contributed by atoms with Crippen LogP contribution in [-0.2, 0) is 9.59 Å². The molecule has 3 rings (SSSR count). The van der Waals surface area contributed by atoms with E-state index in [4.69, 9.17) is 0 Å². The lowest BCUT2D eigenvalue weighted by Crippen LogP contribution is -2.30. The molecule has 1 saturated heterocycles. The van der Waals surface area contributed by atoms with Gasteiger partial charge >= 0.3 is 0 Å². The standard InChI is InChI=1S/C14H15NO2/c1-10(11-5-3-2-4-6-11)15-9-12(16)14(7-8-14)13(15)17/h2-6,10H,7-9H2,1H3. The lowest BCUT2D eigenvalue weighted by molar-refractivity contribution is -0.135. The Bertz CT molecular complexity index is 476. The minimum Gasteiger partial charge on any atom is -0.328 e. The van der Waals surface area contributed by atoms with Gasteiger partial charge in [-0.2, -0.15) is 0 Å². The summed E-state index contributed by atoms with van der Waals surface area (Å²) in [5.74, 6) is 0.157. The smallest absolute Gasteiger partial charge is 0.237 e. The predicted octanol–water partition coefficient (Wildman–Crippen LogP) is 1.94. The molecule has 0 radical (unpaired) electrons. The molecule has 88 valence electrons. The molecule has 0 aromatic heterocycles. The SMILES string of the molecule is CC(c1ccccc1)N1CC(=O)C2(CC2)C1=O. The van der Waals surface area contributed by atoms with Crippen LogP contribution in [0.1, 0.15) is 31.4 Å². The summed E-state index contributed by atoms with van der Waals surface area (Å²) >= 11 is 0. The number of ketones is 1. The maximum atomic E-state index is 12.2. The van der Waals surface area contributed by atoms with E-state index in [-0.39, 0.29) is 24.3 Å². The highest BCUT2D eigenvalue weighted by molar-refractivity contribution is 6.15. The minimum atomic E-state index is -0.608. The normalized spacial score (nSPS) is 23.2. The molecule has 1 heterocycles. The fraction of sp³-hybridized carbons (Fsp3) is 0.429. The van der Waals surface area contributed by atoms with Gasteiger partial charge in [-0.05, 0) is 25.3 Å². The van der Waals surface area contributed by atoms with Crippen LogP contribution < -0.4 is 0 Å². The number of nitrogens with zero attached hydrogens (tertiary/aromatic N) is 1. The summed E-state index contributed by atoms with van der Waals surface area (Å²) in [5, 5.41) is 0. The Morgan fingerprint density at radius 1 is 1.18 bits per heavy atom. The van der Waals surface area contributed by atoms with Crippen molar-refractivity contribution in [2.24, 2.45) is 5.41 Å². The Labute approximate surface area is 100 Å². The highest BCUT2D eigenvalue weighted by atomic mass is 16.2. The molecule has 17 heavy (non-hydrogen) atoms. The van der Waals surface area contributed by atoms with Gasteiger partial charge in [0.1, 0.15) is 5.41 Å². The van der Waals surface area contributed by atoms with Gasteiger partial charge in [0.05, 0.1) is 12.6 Å². The average Bonchev–Trinajstić information content (AvgIpc) is 3.12. The third-order valence-corrected chi connectivity index (χ3v) is 4.02. The Hall–Kier alpha value is -1.64. The molecule has 1 atom stereocenters. The molecule has 1 aliphatic heterocycles. The first-order valence-corrected chi connectivity index (χ1v) is 6.04. The van der Waals surface area contributed by atoms with Crippen LogP contribution in [0.3, 0.4) is 0 Å². The molecule has 1 aromatic carbocycles. The van der Waals surface area contributed by atoms with E-state index in [1.165, 1.54) is 0 Å². The Kier molecular flexibility index (Phi) is 2.12. The van der Waals surface area contributed by atoms with Gasteiger partial charge < -0.3 is 4.90 Å². The van der Waals surface area contributed by atoms with Crippen LogP contribution in [0.5, 0.6) is 0 Å². The summed E-state index contributed by atoms with van der Waals surface area (Å²) in [6.45, 7) is 2.27. The average molecular weight is 229 g/mol. The van der Waals surface area contributed by atoms with Gasteiger partial charge in [0, 0.05) is 0 Å². The van der Waals surface area contributed by atoms with Crippen molar-refractivity contribution >= 4 is 11.7 Å². The van der Waals surface area contributed by atoms with Gasteiger partial charge in [-0.3, -0.25) is 9.59 Å². The Morgan fingerprint density at radius 3 is 2.35 bits per heavy atom. The van der Waals surface area contributed by atoms with Gasteiger partial charge in [0.15, 0.2) is 5.78 Å². The zero-order chi connectivity index (χ0) is 12.0. The first kappa shape index (κ1) is 10.5. The Balaban J connectivity index is 1.87. The largest absolute Gasteiger partial charge is 0.328 e. The van der Waals surface area contributed by atoms with E-state index in [1.807, 2.05) is 37.3 Å². The number of rotatable bonds is 2. The molecule has 1 spiro atoms. The van der Waals surface area contributed by atoms with Crippen molar-refractivity contribution in [3.05, 3.63) is 35.9 Å². The first-order valence-electron chi connectivity index (χ1n) is 6.04. The molecule has 1 aromatic rings. The number of hydrogen-bond donors (Lipinski definition) is 0. The van der Waals surface area contributed by atoms with Crippen LogP contribution in [0, 0.1) is 5.41 Å². The van der Waals surface area contributed by atoms with Crippen LogP contribution in [0.15, 0.2) is 30.3 Å². The molecule has 1 amide bonds. The zero-order valence-corrected chi connectivity index (χ0v) is 9.85. The van der Waals surface area contributed by atoms with Crippen LogP contribution in [0.4, 0.5) is 0 Å². The number of Topliss-reactive ketones (excluding diaryl/α,β-unsaturated/α-hetero) is 1. The number of carbonyl (C=O) groups excluding carboxylic acids is 2. The topological polar surface area (TPSA) is 37.4 Å². The first-order chi connectivity index (χ1) is 8.15. The third kappa shape index (κ3) is 1.42. The monoisotopic (exact) mass is 229 g/mol. The van der Waals surface area contributed by atoms with E-state index in [1.54, 1.807) is 4.90 Å². The van der Waals surface area contributed by atoms with Crippen LogP contribution in [-0.4, -0.2) is 23.1 Å². The molecule has 2 aliphatic rings. The highest BCUT2D eigenvalue weighted by Gasteiger charge is 2.62. The fourth-order valence-corrected chi connectivity index (χ4v) is 2.61. The molecule has 3 heteroatoms. The molecule has 2 fully saturated rings. The molecule has 0 N–H and O–H groups in total. The van der Waals surface area contributed by atoms with Crippen molar-refractivity contribution in [1.82, 2.24) is 4.90 Å². The number of amides is 1. The quantitative estimate of drug-likeness (QED) is 0.727. The molecule has 0 bridgehead atoms. The summed E-state index contributed by atoms with van der Waals surface area (Å²) in [6.07, 6.45) is 1.51. The summed E-state index contributed by atoms with van der Waals surface area (Å²) in [5.41, 5.74) is 0.481. The van der Waals surface area contributed by atoms with Crippen molar-refractivity contribution in [2.75, 3.05) is 6.54 Å². The summed E-state index contributed by atoms with van der Waals surface area (Å²) < 4.78 is 0. The van der Waals surface area contributed by atoms with Crippen LogP contribution in [0.25, 0.3) is 0 Å². The van der Waals surface area contributed by atoms with Crippen molar-refractivity contribution in [2.45, 2.75) is 25.8 Å². The van der Waals surface area contributed by atoms with E-state index in [2.05, 4.69) is 0 Å². The van der Waals surface area contributed by atoms with Gasteiger partial charge in [0.2, 0.25) is 5.91 Å². The van der Waals surface area contributed by atoms with E-state index < -0.39 is 5.41 Å². The second kappa shape index (κ2) is 3.42. The van der Waals surface area contributed by atoms with E-state index in [0.717, 1.165) is 18.4 Å². The number of hydrogen-bond acceptors (Lipinski definition) is 2. The molecule has 1 aliphatic carbocycles. The van der Waals surface area contributed by atoms with Crippen molar-refractivity contribution in [1.29, 1.82) is 0 Å².